The lowest BCUT2D eigenvalue weighted by molar-refractivity contribution is -0.154. The Labute approximate surface area is 164 Å². The van der Waals surface area contributed by atoms with E-state index < -0.39 is 29.5 Å². The summed E-state index contributed by atoms with van der Waals surface area (Å²) in [6.45, 7) is 3.18. The number of hydrogen-bond acceptors (Lipinski definition) is 10. The summed E-state index contributed by atoms with van der Waals surface area (Å²) in [5, 5.41) is 2.38. The van der Waals surface area contributed by atoms with Gasteiger partial charge in [-0.15, -0.1) is 0 Å². The van der Waals surface area contributed by atoms with Gasteiger partial charge in [0.1, 0.15) is 26.0 Å². The number of hydrogen-bond donors (Lipinski definition) is 2. The minimum atomic E-state index is -0.790. The van der Waals surface area contributed by atoms with Crippen LogP contribution in [0.5, 0.6) is 6.01 Å². The molecule has 2 rings (SSSR count). The molecule has 2 heterocycles. The van der Waals surface area contributed by atoms with E-state index in [-0.39, 0.29) is 43.1 Å². The first-order valence-corrected chi connectivity index (χ1v) is 8.41. The van der Waals surface area contributed by atoms with Gasteiger partial charge in [-0.1, -0.05) is 0 Å². The lowest BCUT2D eigenvalue weighted by Gasteiger charge is -2.18. The van der Waals surface area contributed by atoms with Crippen molar-refractivity contribution < 1.29 is 33.3 Å². The topological polar surface area (TPSA) is 164 Å². The molecule has 1 amide bonds. The van der Waals surface area contributed by atoms with E-state index in [2.05, 4.69) is 20.3 Å². The molecule has 29 heavy (non-hydrogen) atoms. The number of methoxy groups -OCH3 is 1. The van der Waals surface area contributed by atoms with Gasteiger partial charge in [0.2, 0.25) is 11.9 Å². The molecule has 2 aromatic rings. The van der Waals surface area contributed by atoms with Gasteiger partial charge < -0.3 is 18.9 Å². The third-order valence-electron chi connectivity index (χ3n) is 3.43. The molecule has 2 aromatic heterocycles. The highest BCUT2D eigenvalue weighted by atomic mass is 16.6. The summed E-state index contributed by atoms with van der Waals surface area (Å²) in [5.41, 5.74) is -0.531. The van der Waals surface area contributed by atoms with E-state index in [1.54, 1.807) is 0 Å². The number of nitrogens with one attached hydrogen (secondary N) is 2. The van der Waals surface area contributed by atoms with Gasteiger partial charge in [-0.05, 0) is 0 Å². The number of aromatic amines is 1. The Morgan fingerprint density at radius 1 is 1.10 bits per heavy atom. The minimum Gasteiger partial charge on any atom is -0.468 e. The maximum Gasteiger partial charge on any atom is 0.302 e. The Kier molecular flexibility index (Phi) is 7.25. The lowest BCUT2D eigenvalue weighted by atomic mass is 10.4. The van der Waals surface area contributed by atoms with Gasteiger partial charge in [0.25, 0.3) is 11.6 Å². The van der Waals surface area contributed by atoms with E-state index >= 15 is 0 Å². The minimum absolute atomic E-state index is 0.0247. The van der Waals surface area contributed by atoms with Gasteiger partial charge in [0.05, 0.1) is 7.11 Å². The number of H-pyrrole nitrogens is 1. The predicted molar refractivity (Wildman–Crippen MR) is 97.1 cm³/mol. The van der Waals surface area contributed by atoms with Crippen molar-refractivity contribution in [2.75, 3.05) is 25.6 Å². The van der Waals surface area contributed by atoms with Crippen LogP contribution >= 0.6 is 0 Å². The second-order valence-electron chi connectivity index (χ2n) is 5.82. The molecule has 0 radical (unpaired) electrons. The van der Waals surface area contributed by atoms with Gasteiger partial charge in [-0.3, -0.25) is 34.0 Å². The largest absolute Gasteiger partial charge is 0.468 e. The van der Waals surface area contributed by atoms with Crippen LogP contribution in [0.2, 0.25) is 0 Å². The first-order valence-electron chi connectivity index (χ1n) is 8.41. The summed E-state index contributed by atoms with van der Waals surface area (Å²) < 4.78 is 21.9. The van der Waals surface area contributed by atoms with Crippen molar-refractivity contribution in [1.82, 2.24) is 19.5 Å². The summed E-state index contributed by atoms with van der Waals surface area (Å²) in [6.07, 6.45) is -0.790. The van der Waals surface area contributed by atoms with Crippen LogP contribution in [-0.2, 0) is 35.3 Å². The molecular weight excluding hydrogens is 390 g/mol. The maximum absolute atomic E-state index is 12.2. The second-order valence-corrected chi connectivity index (χ2v) is 5.82. The van der Waals surface area contributed by atoms with Gasteiger partial charge in [-0.2, -0.15) is 9.97 Å². The monoisotopic (exact) mass is 411 g/mol. The van der Waals surface area contributed by atoms with E-state index in [0.717, 1.165) is 0 Å². The summed E-state index contributed by atoms with van der Waals surface area (Å²) in [4.78, 5) is 56.2. The van der Waals surface area contributed by atoms with E-state index in [0.29, 0.717) is 0 Å². The average Bonchev–Trinajstić information content (AvgIpc) is 2.98. The van der Waals surface area contributed by atoms with Crippen LogP contribution in [-0.4, -0.2) is 63.8 Å². The van der Waals surface area contributed by atoms with Crippen LogP contribution in [0.15, 0.2) is 4.79 Å². The highest BCUT2D eigenvalue weighted by Crippen LogP contribution is 2.18. The number of esters is 2. The fourth-order valence-electron chi connectivity index (χ4n) is 2.23. The number of carbonyl (C=O) groups is 3. The molecule has 0 spiro atoms. The fourth-order valence-corrected chi connectivity index (χ4v) is 2.23. The zero-order chi connectivity index (χ0) is 21.6. The zero-order valence-electron chi connectivity index (χ0n) is 16.3. The van der Waals surface area contributed by atoms with Crippen molar-refractivity contribution >= 4 is 35.0 Å². The first-order chi connectivity index (χ1) is 13.7. The van der Waals surface area contributed by atoms with Crippen molar-refractivity contribution in [2.45, 2.75) is 33.6 Å². The molecule has 158 valence electrons. The van der Waals surface area contributed by atoms with Crippen molar-refractivity contribution in [2.24, 2.45) is 0 Å². The highest BCUT2D eigenvalue weighted by Gasteiger charge is 2.20. The molecule has 0 aromatic carbocycles. The smallest absolute Gasteiger partial charge is 0.302 e. The van der Waals surface area contributed by atoms with Gasteiger partial charge >= 0.3 is 11.9 Å². The first kappa shape index (κ1) is 21.8. The molecule has 0 atom stereocenters. The summed E-state index contributed by atoms with van der Waals surface area (Å²) >= 11 is 0. The molecule has 0 aliphatic rings. The van der Waals surface area contributed by atoms with Crippen LogP contribution in [0.4, 0.5) is 5.95 Å². The molecule has 0 aliphatic carbocycles. The summed E-state index contributed by atoms with van der Waals surface area (Å²) in [6, 6.07) is 0.0247. The predicted octanol–water partition coefficient (Wildman–Crippen LogP) is -0.444. The Balaban J connectivity index is 2.30. The number of aromatic nitrogens is 4. The van der Waals surface area contributed by atoms with E-state index in [4.69, 9.17) is 18.9 Å². The molecule has 0 saturated heterocycles. The van der Waals surface area contributed by atoms with Crippen LogP contribution in [0, 0.1) is 0 Å². The maximum atomic E-state index is 12.2. The molecule has 13 heteroatoms. The Morgan fingerprint density at radius 3 is 2.24 bits per heavy atom. The summed E-state index contributed by atoms with van der Waals surface area (Å²) in [5.74, 6) is -1.56. The molecular formula is C16H21N5O8. The van der Waals surface area contributed by atoms with Crippen LogP contribution < -0.4 is 15.6 Å². The summed E-state index contributed by atoms with van der Waals surface area (Å²) in [7, 11) is 1.34. The SMILES string of the molecule is COc1nc2c(=O)[nH]c(NC(C)=O)nc2n1COC(COC(C)=O)COC(C)=O. The number of anilines is 1. The van der Waals surface area contributed by atoms with E-state index in [9.17, 15) is 19.2 Å². The van der Waals surface area contributed by atoms with Crippen molar-refractivity contribution in [1.29, 1.82) is 0 Å². The number of amides is 1. The molecule has 0 unspecified atom stereocenters. The Morgan fingerprint density at radius 2 is 1.72 bits per heavy atom. The number of ether oxygens (including phenoxy) is 4. The number of carbonyl (C=O) groups excluding carboxylic acids is 3. The number of imidazole rings is 1. The number of fused-ring (bicyclic) bond motifs is 1. The standard InChI is InChI=1S/C16H21N5O8/c1-8(22)17-15-19-13-12(14(25)20-15)18-16(26-4)21(13)7-29-11(5-27-9(2)23)6-28-10(3)24/h11H,5-7H2,1-4H3,(H2,17,19,20,22,25). The Bertz CT molecular complexity index is 948. The third kappa shape index (κ3) is 6.00. The zero-order valence-corrected chi connectivity index (χ0v) is 16.3. The molecule has 13 nitrogen and oxygen atoms in total. The van der Waals surface area contributed by atoms with Gasteiger partial charge in [-0.25, -0.2) is 0 Å². The normalized spacial score (nSPS) is 10.8. The van der Waals surface area contributed by atoms with E-state index in [1.165, 1.54) is 32.4 Å². The molecule has 0 saturated carbocycles. The lowest BCUT2D eigenvalue weighted by Crippen LogP contribution is -2.28. The quantitative estimate of drug-likeness (QED) is 0.517. The molecule has 2 N–H and O–H groups in total. The molecule has 0 aliphatic heterocycles. The third-order valence-corrected chi connectivity index (χ3v) is 3.43. The van der Waals surface area contributed by atoms with Crippen LogP contribution in [0.1, 0.15) is 20.8 Å². The Hall–Kier alpha value is -3.48. The fraction of sp³-hybridized carbons (Fsp3) is 0.500. The van der Waals surface area contributed by atoms with Crippen molar-refractivity contribution in [3.8, 4) is 6.01 Å². The van der Waals surface area contributed by atoms with Gasteiger partial charge in [0, 0.05) is 20.8 Å². The average molecular weight is 411 g/mol. The van der Waals surface area contributed by atoms with Crippen molar-refractivity contribution in [3.05, 3.63) is 10.4 Å². The van der Waals surface area contributed by atoms with Crippen molar-refractivity contribution in [3.63, 3.8) is 0 Å². The van der Waals surface area contributed by atoms with E-state index in [1.807, 2.05) is 0 Å². The van der Waals surface area contributed by atoms with Crippen LogP contribution in [0.3, 0.4) is 0 Å². The highest BCUT2D eigenvalue weighted by molar-refractivity contribution is 5.87. The molecule has 0 bridgehead atoms. The van der Waals surface area contributed by atoms with Gasteiger partial charge in [0.15, 0.2) is 11.2 Å². The number of rotatable bonds is 9. The number of nitrogens with zero attached hydrogens (tertiary/aromatic N) is 3. The molecule has 0 fully saturated rings. The van der Waals surface area contributed by atoms with Crippen LogP contribution in [0.25, 0.3) is 11.2 Å². The second kappa shape index (κ2) is 9.64.